The van der Waals surface area contributed by atoms with E-state index in [4.69, 9.17) is 5.73 Å². The molecule has 0 saturated heterocycles. The summed E-state index contributed by atoms with van der Waals surface area (Å²) < 4.78 is 14.2. The third-order valence-corrected chi connectivity index (χ3v) is 4.51. The third kappa shape index (κ3) is 5.57. The molecule has 0 spiro atoms. The molecule has 0 saturated carbocycles. The molecule has 0 fully saturated rings. The number of hydrogen-bond donors (Lipinski definition) is 4. The zero-order valence-corrected chi connectivity index (χ0v) is 17.4. The van der Waals surface area contributed by atoms with E-state index >= 15 is 0 Å². The molecular weight excluding hydrogens is 383 g/mol. The van der Waals surface area contributed by atoms with E-state index in [2.05, 4.69) is 25.5 Å². The summed E-state index contributed by atoms with van der Waals surface area (Å²) in [7, 11) is 4.04. The van der Waals surface area contributed by atoms with Crippen LogP contribution >= 0.6 is 0 Å². The van der Waals surface area contributed by atoms with Crippen LogP contribution in [0.3, 0.4) is 0 Å². The molecule has 1 aromatic heterocycles. The Kier molecular flexibility index (Phi) is 6.68. The Morgan fingerprint density at radius 3 is 2.63 bits per heavy atom. The van der Waals surface area contributed by atoms with Gasteiger partial charge in [-0.05, 0) is 69.9 Å². The maximum Gasteiger partial charge on any atom is 0.222 e. The van der Waals surface area contributed by atoms with Gasteiger partial charge in [-0.3, -0.25) is 0 Å². The molecule has 8 heteroatoms. The van der Waals surface area contributed by atoms with Gasteiger partial charge in [0.2, 0.25) is 5.95 Å². The van der Waals surface area contributed by atoms with E-state index in [1.165, 1.54) is 12.1 Å². The first-order valence-corrected chi connectivity index (χ1v) is 9.71. The quantitative estimate of drug-likeness (QED) is 0.329. The second-order valence-corrected chi connectivity index (χ2v) is 7.42. The number of halogens is 1. The zero-order valence-electron chi connectivity index (χ0n) is 17.4. The minimum atomic E-state index is -0.347. The van der Waals surface area contributed by atoms with Crippen LogP contribution in [-0.2, 0) is 0 Å². The molecule has 0 aliphatic heterocycles. The van der Waals surface area contributed by atoms with Gasteiger partial charge in [0.25, 0.3) is 0 Å². The molecule has 2 aromatic carbocycles. The number of nitrogens with two attached hydrogens (primary N) is 1. The van der Waals surface area contributed by atoms with Crippen molar-refractivity contribution in [3.8, 4) is 17.0 Å². The molecule has 3 rings (SSSR count). The number of rotatable bonds is 8. The van der Waals surface area contributed by atoms with Crippen molar-refractivity contribution >= 4 is 23.1 Å². The standard InChI is InChI=1S/C22H27FN6O/c1-14-5-7-18(17(23)11-14)26-15-6-8-20(30)16(12-15)19-13-21(28-22(24)27-19)25-9-4-10-29(2)3/h5-8,11-13,26,30H,4,9-10H2,1-3H3,(H3,24,25,27,28). The van der Waals surface area contributed by atoms with Gasteiger partial charge in [0.1, 0.15) is 17.4 Å². The molecule has 0 aliphatic rings. The SMILES string of the molecule is Cc1ccc(Nc2ccc(O)c(-c3cc(NCCCN(C)C)nc(N)n3)c2)c(F)c1. The lowest BCUT2D eigenvalue weighted by molar-refractivity contribution is 0.405. The van der Waals surface area contributed by atoms with Crippen molar-refractivity contribution < 1.29 is 9.50 Å². The minimum absolute atomic E-state index is 0.0431. The van der Waals surface area contributed by atoms with Crippen LogP contribution < -0.4 is 16.4 Å². The highest BCUT2D eigenvalue weighted by Gasteiger charge is 2.12. The van der Waals surface area contributed by atoms with Crippen LogP contribution in [0.1, 0.15) is 12.0 Å². The Morgan fingerprint density at radius 1 is 1.10 bits per heavy atom. The molecule has 0 bridgehead atoms. The highest BCUT2D eigenvalue weighted by atomic mass is 19.1. The van der Waals surface area contributed by atoms with Crippen LogP contribution in [0.2, 0.25) is 0 Å². The van der Waals surface area contributed by atoms with Crippen molar-refractivity contribution in [1.82, 2.24) is 14.9 Å². The summed E-state index contributed by atoms with van der Waals surface area (Å²) in [5, 5.41) is 16.6. The molecule has 0 radical (unpaired) electrons. The van der Waals surface area contributed by atoms with Gasteiger partial charge in [-0.2, -0.15) is 4.98 Å². The van der Waals surface area contributed by atoms with E-state index in [0.29, 0.717) is 28.5 Å². The number of phenolic OH excluding ortho intramolecular Hbond substituents is 1. The van der Waals surface area contributed by atoms with E-state index in [9.17, 15) is 9.50 Å². The molecule has 30 heavy (non-hydrogen) atoms. The number of hydrogen-bond acceptors (Lipinski definition) is 7. The number of phenols is 1. The van der Waals surface area contributed by atoms with Gasteiger partial charge in [-0.1, -0.05) is 6.07 Å². The van der Waals surface area contributed by atoms with Crippen LogP contribution in [0.5, 0.6) is 5.75 Å². The molecule has 158 valence electrons. The van der Waals surface area contributed by atoms with Crippen LogP contribution in [0.15, 0.2) is 42.5 Å². The van der Waals surface area contributed by atoms with Crippen molar-refractivity contribution in [2.75, 3.05) is 43.6 Å². The summed E-state index contributed by atoms with van der Waals surface area (Å²) in [5.74, 6) is 0.380. The first-order chi connectivity index (χ1) is 14.3. The monoisotopic (exact) mass is 410 g/mol. The summed E-state index contributed by atoms with van der Waals surface area (Å²) >= 11 is 0. The highest BCUT2D eigenvalue weighted by Crippen LogP contribution is 2.33. The lowest BCUT2D eigenvalue weighted by Gasteiger charge is -2.13. The summed E-state index contributed by atoms with van der Waals surface area (Å²) in [4.78, 5) is 10.6. The van der Waals surface area contributed by atoms with E-state index in [0.717, 1.165) is 25.1 Å². The van der Waals surface area contributed by atoms with Gasteiger partial charge >= 0.3 is 0 Å². The number of nitrogens with zero attached hydrogens (tertiary/aromatic N) is 3. The number of anilines is 4. The molecule has 7 nitrogen and oxygen atoms in total. The normalized spacial score (nSPS) is 11.0. The van der Waals surface area contributed by atoms with Crippen molar-refractivity contribution in [1.29, 1.82) is 0 Å². The van der Waals surface area contributed by atoms with Crippen LogP contribution in [0, 0.1) is 12.7 Å². The Balaban J connectivity index is 1.83. The summed E-state index contributed by atoms with van der Waals surface area (Å²) in [6, 6.07) is 11.6. The lowest BCUT2D eigenvalue weighted by atomic mass is 10.1. The van der Waals surface area contributed by atoms with Crippen molar-refractivity contribution in [3.63, 3.8) is 0 Å². The van der Waals surface area contributed by atoms with E-state index in [-0.39, 0.29) is 17.5 Å². The highest BCUT2D eigenvalue weighted by molar-refractivity contribution is 5.75. The maximum absolute atomic E-state index is 14.2. The van der Waals surface area contributed by atoms with E-state index in [1.807, 2.05) is 27.1 Å². The number of aryl methyl sites for hydroxylation is 1. The zero-order chi connectivity index (χ0) is 21.7. The summed E-state index contributed by atoms with van der Waals surface area (Å²) in [6.07, 6.45) is 0.943. The fraction of sp³-hybridized carbons (Fsp3) is 0.273. The number of nitrogens with one attached hydrogen (secondary N) is 2. The van der Waals surface area contributed by atoms with Crippen LogP contribution in [0.4, 0.5) is 27.5 Å². The molecule has 5 N–H and O–H groups in total. The average Bonchev–Trinajstić information content (AvgIpc) is 2.68. The molecule has 0 aliphatic carbocycles. The minimum Gasteiger partial charge on any atom is -0.507 e. The largest absolute Gasteiger partial charge is 0.507 e. The fourth-order valence-electron chi connectivity index (χ4n) is 3.00. The Labute approximate surface area is 175 Å². The smallest absolute Gasteiger partial charge is 0.222 e. The summed E-state index contributed by atoms with van der Waals surface area (Å²) in [6.45, 7) is 3.51. The Morgan fingerprint density at radius 2 is 1.90 bits per heavy atom. The van der Waals surface area contributed by atoms with Gasteiger partial charge in [0.05, 0.1) is 11.4 Å². The fourth-order valence-corrected chi connectivity index (χ4v) is 3.00. The van der Waals surface area contributed by atoms with Crippen LogP contribution in [-0.4, -0.2) is 47.2 Å². The second-order valence-electron chi connectivity index (χ2n) is 7.42. The van der Waals surface area contributed by atoms with E-state index < -0.39 is 0 Å². The van der Waals surface area contributed by atoms with Crippen molar-refractivity contribution in [3.05, 3.63) is 53.8 Å². The first-order valence-electron chi connectivity index (χ1n) is 9.71. The van der Waals surface area contributed by atoms with Gasteiger partial charge in [0, 0.05) is 23.9 Å². The first kappa shape index (κ1) is 21.3. The molecule has 0 atom stereocenters. The van der Waals surface area contributed by atoms with Gasteiger partial charge in [-0.25, -0.2) is 9.37 Å². The van der Waals surface area contributed by atoms with Gasteiger partial charge in [0.15, 0.2) is 0 Å². The molecule has 0 unspecified atom stereocenters. The molecule has 3 aromatic rings. The number of nitrogen functional groups attached to an aromatic ring is 1. The molecular formula is C22H27FN6O. The number of aromatic nitrogens is 2. The van der Waals surface area contributed by atoms with Crippen molar-refractivity contribution in [2.24, 2.45) is 0 Å². The second kappa shape index (κ2) is 9.41. The third-order valence-electron chi connectivity index (χ3n) is 4.51. The Hall–Kier alpha value is -3.39. The lowest BCUT2D eigenvalue weighted by Crippen LogP contribution is -2.16. The average molecular weight is 410 g/mol. The number of benzene rings is 2. The number of aromatic hydroxyl groups is 1. The maximum atomic E-state index is 14.2. The predicted octanol–water partition coefficient (Wildman–Crippen LogP) is 3.99. The topological polar surface area (TPSA) is 99.3 Å². The van der Waals surface area contributed by atoms with Gasteiger partial charge in [-0.15, -0.1) is 0 Å². The van der Waals surface area contributed by atoms with Gasteiger partial charge < -0.3 is 26.4 Å². The molecule has 0 amide bonds. The predicted molar refractivity (Wildman–Crippen MR) is 120 cm³/mol. The molecule has 1 heterocycles. The van der Waals surface area contributed by atoms with E-state index in [1.54, 1.807) is 24.3 Å². The van der Waals surface area contributed by atoms with Crippen molar-refractivity contribution in [2.45, 2.75) is 13.3 Å². The Bertz CT molecular complexity index is 1020. The van der Waals surface area contributed by atoms with Crippen LogP contribution in [0.25, 0.3) is 11.3 Å². The summed E-state index contributed by atoms with van der Waals surface area (Å²) in [5.41, 5.74) is 8.63.